The van der Waals surface area contributed by atoms with E-state index in [1.54, 1.807) is 7.05 Å². The second kappa shape index (κ2) is 6.78. The second-order valence-electron chi connectivity index (χ2n) is 7.21. The average Bonchev–Trinajstić information content (AvgIpc) is 3.10. The average molecular weight is 380 g/mol. The van der Waals surface area contributed by atoms with Crippen LogP contribution < -0.4 is 16.3 Å². The molecule has 0 fully saturated rings. The van der Waals surface area contributed by atoms with E-state index in [0.717, 1.165) is 17.7 Å². The van der Waals surface area contributed by atoms with Crippen molar-refractivity contribution in [2.45, 2.75) is 39.8 Å². The van der Waals surface area contributed by atoms with E-state index in [9.17, 15) is 9.59 Å². The molecular weight excluding hydrogens is 356 g/mol. The van der Waals surface area contributed by atoms with Crippen LogP contribution in [0.1, 0.15) is 38.8 Å². The molecule has 0 saturated carbocycles. The van der Waals surface area contributed by atoms with Gasteiger partial charge >= 0.3 is 5.69 Å². The summed E-state index contributed by atoms with van der Waals surface area (Å²) in [6.45, 7) is 6.94. The topological polar surface area (TPSA) is 77.4 Å². The number of rotatable bonds is 4. The van der Waals surface area contributed by atoms with Crippen molar-refractivity contribution in [2.75, 3.05) is 11.6 Å². The zero-order valence-corrected chi connectivity index (χ0v) is 16.6. The Labute approximate surface area is 162 Å². The summed E-state index contributed by atoms with van der Waals surface area (Å²) in [5.41, 5.74) is 1.95. The molecule has 1 unspecified atom stereocenters. The molecule has 1 atom stereocenters. The lowest BCUT2D eigenvalue weighted by molar-refractivity contribution is 0.624. The standard InChI is InChI=1S/C20H24N6O2/c1-5-11-25-19-21-17-16(26(19)14(3)13(2)22-25)18(27)24(20(28)23(17)4)12-15-9-7-6-8-10-15/h6-10,14H,5,11-12H2,1-4H3. The van der Waals surface area contributed by atoms with Crippen LogP contribution in [0.4, 0.5) is 5.95 Å². The first-order chi connectivity index (χ1) is 13.4. The maximum Gasteiger partial charge on any atom is 0.332 e. The summed E-state index contributed by atoms with van der Waals surface area (Å²) in [5, 5.41) is 6.45. The van der Waals surface area contributed by atoms with Crippen LogP contribution in [-0.4, -0.2) is 30.9 Å². The van der Waals surface area contributed by atoms with E-state index in [1.165, 1.54) is 9.13 Å². The minimum atomic E-state index is -0.371. The minimum absolute atomic E-state index is 0.108. The molecule has 3 heterocycles. The van der Waals surface area contributed by atoms with Crippen LogP contribution in [-0.2, 0) is 13.6 Å². The summed E-state index contributed by atoms with van der Waals surface area (Å²) < 4.78 is 4.65. The quantitative estimate of drug-likeness (QED) is 0.695. The Morgan fingerprint density at radius 1 is 1.14 bits per heavy atom. The number of benzene rings is 1. The van der Waals surface area contributed by atoms with Gasteiger partial charge < -0.3 is 0 Å². The molecule has 1 aromatic carbocycles. The van der Waals surface area contributed by atoms with Crippen LogP contribution in [0.5, 0.6) is 0 Å². The van der Waals surface area contributed by atoms with Crippen molar-refractivity contribution in [1.29, 1.82) is 0 Å². The number of imidazole rings is 1. The van der Waals surface area contributed by atoms with Gasteiger partial charge in [0.25, 0.3) is 5.56 Å². The summed E-state index contributed by atoms with van der Waals surface area (Å²) in [5.74, 6) is 0.611. The zero-order valence-electron chi connectivity index (χ0n) is 16.6. The van der Waals surface area contributed by atoms with Crippen molar-refractivity contribution in [3.05, 3.63) is 56.7 Å². The van der Waals surface area contributed by atoms with Crippen LogP contribution in [0.15, 0.2) is 45.0 Å². The van der Waals surface area contributed by atoms with Gasteiger partial charge in [0.2, 0.25) is 5.95 Å². The molecule has 0 aliphatic carbocycles. The van der Waals surface area contributed by atoms with Crippen molar-refractivity contribution in [3.8, 4) is 0 Å². The van der Waals surface area contributed by atoms with Gasteiger partial charge in [0, 0.05) is 13.6 Å². The van der Waals surface area contributed by atoms with E-state index in [1.807, 2.05) is 53.8 Å². The molecule has 0 bridgehead atoms. The Balaban J connectivity index is 2.00. The maximum atomic E-state index is 13.4. The number of fused-ring (bicyclic) bond motifs is 3. The van der Waals surface area contributed by atoms with Gasteiger partial charge in [-0.05, 0) is 25.8 Å². The van der Waals surface area contributed by atoms with E-state index in [4.69, 9.17) is 0 Å². The van der Waals surface area contributed by atoms with Gasteiger partial charge in [-0.3, -0.25) is 18.5 Å². The molecule has 28 heavy (non-hydrogen) atoms. The number of hydrogen-bond acceptors (Lipinski definition) is 5. The van der Waals surface area contributed by atoms with Crippen LogP contribution in [0, 0.1) is 0 Å². The second-order valence-corrected chi connectivity index (χ2v) is 7.21. The predicted molar refractivity (Wildman–Crippen MR) is 110 cm³/mol. The van der Waals surface area contributed by atoms with Crippen molar-refractivity contribution in [2.24, 2.45) is 12.1 Å². The molecule has 0 amide bonds. The fourth-order valence-electron chi connectivity index (χ4n) is 3.65. The Bertz CT molecular complexity index is 1190. The number of nitrogens with zero attached hydrogens (tertiary/aromatic N) is 6. The highest BCUT2D eigenvalue weighted by Crippen LogP contribution is 2.29. The molecule has 8 nitrogen and oxygen atoms in total. The lowest BCUT2D eigenvalue weighted by Crippen LogP contribution is -2.40. The highest BCUT2D eigenvalue weighted by Gasteiger charge is 2.30. The molecule has 1 aliphatic rings. The highest BCUT2D eigenvalue weighted by atomic mass is 16.2. The fraction of sp³-hybridized carbons (Fsp3) is 0.400. The van der Waals surface area contributed by atoms with Gasteiger partial charge in [-0.25, -0.2) is 9.80 Å². The lowest BCUT2D eigenvalue weighted by Gasteiger charge is -2.28. The van der Waals surface area contributed by atoms with Crippen molar-refractivity contribution in [1.82, 2.24) is 18.7 Å². The Hall–Kier alpha value is -3.16. The van der Waals surface area contributed by atoms with Gasteiger partial charge in [-0.15, -0.1) is 0 Å². The number of aromatic nitrogens is 4. The summed E-state index contributed by atoms with van der Waals surface area (Å²) in [6.07, 6.45) is 0.894. The van der Waals surface area contributed by atoms with Crippen LogP contribution in [0.2, 0.25) is 0 Å². The smallest absolute Gasteiger partial charge is 0.294 e. The summed E-state index contributed by atoms with van der Waals surface area (Å²) in [4.78, 5) is 30.9. The van der Waals surface area contributed by atoms with Crippen LogP contribution in [0.3, 0.4) is 0 Å². The highest BCUT2D eigenvalue weighted by molar-refractivity contribution is 5.91. The molecule has 0 N–H and O–H groups in total. The van der Waals surface area contributed by atoms with Crippen molar-refractivity contribution >= 4 is 22.8 Å². The molecule has 0 saturated heterocycles. The minimum Gasteiger partial charge on any atom is -0.294 e. The van der Waals surface area contributed by atoms with Crippen molar-refractivity contribution < 1.29 is 0 Å². The fourth-order valence-corrected chi connectivity index (χ4v) is 3.65. The number of aryl methyl sites for hydroxylation is 1. The van der Waals surface area contributed by atoms with Crippen LogP contribution >= 0.6 is 0 Å². The van der Waals surface area contributed by atoms with Gasteiger partial charge in [0.15, 0.2) is 11.2 Å². The molecule has 1 aliphatic heterocycles. The van der Waals surface area contributed by atoms with E-state index < -0.39 is 0 Å². The lowest BCUT2D eigenvalue weighted by atomic mass is 10.2. The monoisotopic (exact) mass is 380 g/mol. The molecule has 0 spiro atoms. The Morgan fingerprint density at radius 2 is 1.86 bits per heavy atom. The third-order valence-electron chi connectivity index (χ3n) is 5.28. The van der Waals surface area contributed by atoms with E-state index in [0.29, 0.717) is 23.7 Å². The third kappa shape index (κ3) is 2.67. The van der Waals surface area contributed by atoms with Gasteiger partial charge in [0.1, 0.15) is 0 Å². The molecule has 2 aromatic heterocycles. The zero-order chi connectivity index (χ0) is 20.0. The molecular formula is C20H24N6O2. The Kier molecular flexibility index (Phi) is 4.41. The van der Waals surface area contributed by atoms with Gasteiger partial charge in [0.05, 0.1) is 18.3 Å². The number of hydrogen-bond donors (Lipinski definition) is 0. The summed E-state index contributed by atoms with van der Waals surface area (Å²) in [7, 11) is 1.66. The van der Waals surface area contributed by atoms with Gasteiger partial charge in [-0.1, -0.05) is 37.3 Å². The Morgan fingerprint density at radius 3 is 2.54 bits per heavy atom. The molecule has 0 radical (unpaired) electrons. The molecule has 4 rings (SSSR count). The largest absolute Gasteiger partial charge is 0.332 e. The van der Waals surface area contributed by atoms with E-state index in [-0.39, 0.29) is 23.8 Å². The third-order valence-corrected chi connectivity index (χ3v) is 5.28. The first-order valence-electron chi connectivity index (χ1n) is 9.52. The maximum absolute atomic E-state index is 13.4. The van der Waals surface area contributed by atoms with Crippen molar-refractivity contribution in [3.63, 3.8) is 0 Å². The molecule has 146 valence electrons. The first-order valence-corrected chi connectivity index (χ1v) is 9.52. The normalized spacial score (nSPS) is 16.4. The predicted octanol–water partition coefficient (Wildman–Crippen LogP) is 2.11. The number of anilines is 1. The van der Waals surface area contributed by atoms with Gasteiger partial charge in [-0.2, -0.15) is 10.1 Å². The van der Waals surface area contributed by atoms with E-state index >= 15 is 0 Å². The first kappa shape index (κ1) is 18.2. The van der Waals surface area contributed by atoms with E-state index in [2.05, 4.69) is 17.0 Å². The van der Waals surface area contributed by atoms with Crippen LogP contribution in [0.25, 0.3) is 11.2 Å². The SMILES string of the molecule is CCCN1N=C(C)C(C)n2c1nc1c2c(=O)n(Cc2ccccc2)c(=O)n1C. The molecule has 8 heteroatoms. The molecule has 3 aromatic rings. The summed E-state index contributed by atoms with van der Waals surface area (Å²) >= 11 is 0. The summed E-state index contributed by atoms with van der Waals surface area (Å²) in [6, 6.07) is 9.41. The number of hydrazone groups is 1.